The van der Waals surface area contributed by atoms with Crippen LogP contribution in [0.3, 0.4) is 0 Å². The number of carbonyl (C=O) groups excluding carboxylic acids is 3. The second kappa shape index (κ2) is 4.45. The molecule has 0 aliphatic carbocycles. The molecule has 1 aliphatic heterocycles. The lowest BCUT2D eigenvalue weighted by Crippen LogP contribution is -2.22. The Morgan fingerprint density at radius 3 is 2.40 bits per heavy atom. The first-order valence-corrected chi connectivity index (χ1v) is 4.17. The highest BCUT2D eigenvalue weighted by atomic mass is 16.6. The van der Waals surface area contributed by atoms with E-state index in [0.717, 1.165) is 0 Å². The van der Waals surface area contributed by atoms with Crippen LogP contribution in [0.5, 0.6) is 0 Å². The predicted molar refractivity (Wildman–Crippen MR) is 47.3 cm³/mol. The van der Waals surface area contributed by atoms with E-state index < -0.39 is 17.9 Å². The summed E-state index contributed by atoms with van der Waals surface area (Å²) in [6, 6.07) is -0.700. The minimum atomic E-state index is -0.799. The first-order valence-electron chi connectivity index (χ1n) is 4.17. The van der Waals surface area contributed by atoms with E-state index in [2.05, 4.69) is 10.1 Å². The molecule has 1 rings (SSSR count). The standard InChI is InChI=1S/C8H10N2O5/c1-3-15-7(12)5(14-2)4-6(11)10-8(13)9-4/h3H2,1-2H3,(H2,9,10,11,13)/b5-4+. The maximum atomic E-state index is 11.3. The quantitative estimate of drug-likeness (QED) is 0.279. The average molecular weight is 214 g/mol. The van der Waals surface area contributed by atoms with E-state index in [0.29, 0.717) is 0 Å². The van der Waals surface area contributed by atoms with E-state index >= 15 is 0 Å². The van der Waals surface area contributed by atoms with Crippen molar-refractivity contribution < 1.29 is 23.9 Å². The van der Waals surface area contributed by atoms with Gasteiger partial charge in [-0.2, -0.15) is 0 Å². The Labute approximate surface area is 85.4 Å². The minimum absolute atomic E-state index is 0.147. The van der Waals surface area contributed by atoms with Gasteiger partial charge in [0.1, 0.15) is 0 Å². The van der Waals surface area contributed by atoms with Crippen LogP contribution in [0.15, 0.2) is 11.5 Å². The van der Waals surface area contributed by atoms with Crippen LogP contribution in [-0.2, 0) is 19.1 Å². The van der Waals surface area contributed by atoms with Gasteiger partial charge in [0.05, 0.1) is 13.7 Å². The molecule has 0 radical (unpaired) electrons. The van der Waals surface area contributed by atoms with Crippen LogP contribution in [0, 0.1) is 0 Å². The van der Waals surface area contributed by atoms with Crippen LogP contribution in [0.25, 0.3) is 0 Å². The number of carbonyl (C=O) groups is 3. The molecule has 1 heterocycles. The van der Waals surface area contributed by atoms with Crippen molar-refractivity contribution in [1.82, 2.24) is 10.6 Å². The number of imide groups is 1. The van der Waals surface area contributed by atoms with Crippen LogP contribution in [0.2, 0.25) is 0 Å². The highest BCUT2D eigenvalue weighted by Gasteiger charge is 2.31. The largest absolute Gasteiger partial charge is 0.488 e. The molecule has 15 heavy (non-hydrogen) atoms. The fraction of sp³-hybridized carbons (Fsp3) is 0.375. The van der Waals surface area contributed by atoms with Crippen molar-refractivity contribution in [2.24, 2.45) is 0 Å². The maximum Gasteiger partial charge on any atom is 0.376 e. The second-order valence-electron chi connectivity index (χ2n) is 2.54. The van der Waals surface area contributed by atoms with Crippen molar-refractivity contribution in [2.75, 3.05) is 13.7 Å². The molecule has 3 amide bonds. The molecule has 1 fully saturated rings. The van der Waals surface area contributed by atoms with Crippen molar-refractivity contribution in [3.63, 3.8) is 0 Å². The van der Waals surface area contributed by atoms with E-state index in [4.69, 9.17) is 4.74 Å². The molecule has 82 valence electrons. The molecule has 0 unspecified atom stereocenters. The molecule has 1 saturated heterocycles. The van der Waals surface area contributed by atoms with Crippen molar-refractivity contribution in [3.8, 4) is 0 Å². The number of rotatable bonds is 3. The zero-order valence-electron chi connectivity index (χ0n) is 8.25. The number of ether oxygens (including phenoxy) is 2. The fourth-order valence-corrected chi connectivity index (χ4v) is 1.01. The summed E-state index contributed by atoms with van der Waals surface area (Å²) < 4.78 is 9.33. The molecular formula is C8H10N2O5. The molecule has 0 aromatic rings. The number of hydrogen-bond donors (Lipinski definition) is 2. The summed E-state index contributed by atoms with van der Waals surface area (Å²) in [6.45, 7) is 1.76. The number of esters is 1. The first-order chi connectivity index (χ1) is 7.10. The maximum absolute atomic E-state index is 11.3. The second-order valence-corrected chi connectivity index (χ2v) is 2.54. The molecular weight excluding hydrogens is 204 g/mol. The topological polar surface area (TPSA) is 93.7 Å². The Morgan fingerprint density at radius 1 is 1.33 bits per heavy atom. The minimum Gasteiger partial charge on any atom is -0.488 e. The number of amides is 3. The van der Waals surface area contributed by atoms with Crippen molar-refractivity contribution >= 4 is 17.9 Å². The molecule has 0 saturated carbocycles. The zero-order valence-corrected chi connectivity index (χ0v) is 8.25. The van der Waals surface area contributed by atoms with Crippen LogP contribution in [-0.4, -0.2) is 31.6 Å². The van der Waals surface area contributed by atoms with Gasteiger partial charge in [-0.25, -0.2) is 9.59 Å². The average Bonchev–Trinajstić information content (AvgIpc) is 2.47. The van der Waals surface area contributed by atoms with Gasteiger partial charge >= 0.3 is 12.0 Å². The first kappa shape index (κ1) is 11.0. The van der Waals surface area contributed by atoms with E-state index in [1.807, 2.05) is 5.32 Å². The molecule has 7 nitrogen and oxygen atoms in total. The number of nitrogens with one attached hydrogen (secondary N) is 2. The summed E-state index contributed by atoms with van der Waals surface area (Å²) in [6.07, 6.45) is 0. The van der Waals surface area contributed by atoms with Gasteiger partial charge < -0.3 is 9.47 Å². The SMILES string of the molecule is CCOC(=O)/C(OC)=C1\NC(=O)NC1=O. The summed E-state index contributed by atoms with van der Waals surface area (Å²) in [5, 5.41) is 4.09. The van der Waals surface area contributed by atoms with E-state index in [-0.39, 0.29) is 18.1 Å². The molecule has 0 aromatic carbocycles. The third kappa shape index (κ3) is 2.25. The third-order valence-electron chi connectivity index (χ3n) is 1.58. The van der Waals surface area contributed by atoms with Gasteiger partial charge in [0.25, 0.3) is 5.91 Å². The number of urea groups is 1. The normalized spacial score (nSPS) is 18.0. The number of methoxy groups -OCH3 is 1. The monoisotopic (exact) mass is 214 g/mol. The summed E-state index contributed by atoms with van der Waals surface area (Å²) >= 11 is 0. The van der Waals surface area contributed by atoms with Gasteiger partial charge in [0.2, 0.25) is 5.76 Å². The summed E-state index contributed by atoms with van der Waals surface area (Å²) in [7, 11) is 1.21. The Bertz CT molecular complexity index is 347. The van der Waals surface area contributed by atoms with E-state index in [1.54, 1.807) is 6.92 Å². The van der Waals surface area contributed by atoms with Gasteiger partial charge in [-0.3, -0.25) is 15.4 Å². The van der Waals surface area contributed by atoms with Gasteiger partial charge in [0, 0.05) is 0 Å². The van der Waals surface area contributed by atoms with Crippen LogP contribution in [0.4, 0.5) is 4.79 Å². The summed E-state index contributed by atoms with van der Waals surface area (Å²) in [5.41, 5.74) is -0.235. The Hall–Kier alpha value is -2.05. The third-order valence-corrected chi connectivity index (χ3v) is 1.58. The van der Waals surface area contributed by atoms with Gasteiger partial charge in [-0.05, 0) is 6.92 Å². The highest BCUT2D eigenvalue weighted by Crippen LogP contribution is 2.09. The van der Waals surface area contributed by atoms with Crippen LogP contribution in [0.1, 0.15) is 6.92 Å². The van der Waals surface area contributed by atoms with E-state index in [1.165, 1.54) is 7.11 Å². The molecule has 0 aromatic heterocycles. The fourth-order valence-electron chi connectivity index (χ4n) is 1.01. The van der Waals surface area contributed by atoms with Gasteiger partial charge in [-0.1, -0.05) is 0 Å². The smallest absolute Gasteiger partial charge is 0.376 e. The summed E-state index contributed by atoms with van der Waals surface area (Å²) in [4.78, 5) is 33.2. The van der Waals surface area contributed by atoms with Crippen molar-refractivity contribution in [2.45, 2.75) is 6.92 Å². The van der Waals surface area contributed by atoms with Crippen molar-refractivity contribution in [1.29, 1.82) is 0 Å². The lowest BCUT2D eigenvalue weighted by Gasteiger charge is -2.06. The molecule has 2 N–H and O–H groups in total. The Kier molecular flexibility index (Phi) is 3.27. The van der Waals surface area contributed by atoms with Crippen molar-refractivity contribution in [3.05, 3.63) is 11.5 Å². The highest BCUT2D eigenvalue weighted by molar-refractivity contribution is 6.14. The predicted octanol–water partition coefficient (Wildman–Crippen LogP) is -0.753. The Balaban J connectivity index is 2.98. The molecule has 0 atom stereocenters. The number of hydrogen-bond acceptors (Lipinski definition) is 5. The molecule has 1 aliphatic rings. The van der Waals surface area contributed by atoms with Crippen LogP contribution < -0.4 is 10.6 Å². The summed E-state index contributed by atoms with van der Waals surface area (Å²) in [5.74, 6) is -1.84. The molecule has 0 spiro atoms. The molecule has 7 heteroatoms. The Morgan fingerprint density at radius 2 is 2.00 bits per heavy atom. The van der Waals surface area contributed by atoms with E-state index in [9.17, 15) is 14.4 Å². The van der Waals surface area contributed by atoms with Gasteiger partial charge in [-0.15, -0.1) is 0 Å². The van der Waals surface area contributed by atoms with Gasteiger partial charge in [0.15, 0.2) is 5.70 Å². The lowest BCUT2D eigenvalue weighted by atomic mass is 10.3. The zero-order chi connectivity index (χ0) is 11.4. The van der Waals surface area contributed by atoms with Crippen LogP contribution >= 0.6 is 0 Å². The molecule has 0 bridgehead atoms. The lowest BCUT2D eigenvalue weighted by molar-refractivity contribution is -0.142.